The Morgan fingerprint density at radius 3 is 2.65 bits per heavy atom. The van der Waals surface area contributed by atoms with Crippen LogP contribution in [-0.4, -0.2) is 34.5 Å². The quantitative estimate of drug-likeness (QED) is 0.513. The van der Waals surface area contributed by atoms with E-state index in [1.807, 2.05) is 0 Å². The number of rotatable bonds is 3. The number of carbonyl (C=O) groups excluding carboxylic acids is 2. The maximum absolute atomic E-state index is 13.8. The molecule has 2 aliphatic rings. The molecule has 9 heteroatoms. The lowest BCUT2D eigenvalue weighted by atomic mass is 9.71. The highest BCUT2D eigenvalue weighted by Crippen LogP contribution is 2.47. The SMILES string of the molecule is O=C(N[C@H]1CC[C@@]2(CCN(c3cc(F)c(F)cc3Cl)C2=O)CC1)c1ccc2cccnc2c1O. The van der Waals surface area contributed by atoms with Crippen LogP contribution in [0.15, 0.2) is 42.6 Å². The van der Waals surface area contributed by atoms with Crippen LogP contribution in [0.3, 0.4) is 0 Å². The zero-order valence-corrected chi connectivity index (χ0v) is 18.9. The average molecular weight is 486 g/mol. The Kier molecular flexibility index (Phi) is 5.64. The fraction of sp³-hybridized carbons (Fsp3) is 0.320. The number of nitrogens with zero attached hydrogens (tertiary/aromatic N) is 2. The summed E-state index contributed by atoms with van der Waals surface area (Å²) in [6.07, 6.45) is 4.42. The Morgan fingerprint density at radius 2 is 1.88 bits per heavy atom. The molecule has 1 saturated carbocycles. The van der Waals surface area contributed by atoms with Crippen LogP contribution in [0.25, 0.3) is 10.9 Å². The molecule has 1 aliphatic heterocycles. The number of hydrogen-bond donors (Lipinski definition) is 2. The number of phenols is 1. The van der Waals surface area contributed by atoms with Gasteiger partial charge in [0.25, 0.3) is 5.91 Å². The first-order valence-electron chi connectivity index (χ1n) is 11.1. The van der Waals surface area contributed by atoms with E-state index in [4.69, 9.17) is 11.6 Å². The summed E-state index contributed by atoms with van der Waals surface area (Å²) in [7, 11) is 0. The molecule has 2 amide bonds. The van der Waals surface area contributed by atoms with Crippen molar-refractivity contribution in [2.75, 3.05) is 11.4 Å². The van der Waals surface area contributed by atoms with Crippen LogP contribution in [0, 0.1) is 17.0 Å². The summed E-state index contributed by atoms with van der Waals surface area (Å²) in [5.41, 5.74) is 0.0934. The Balaban J connectivity index is 1.26. The van der Waals surface area contributed by atoms with Crippen LogP contribution in [0.5, 0.6) is 5.75 Å². The van der Waals surface area contributed by atoms with Gasteiger partial charge in [-0.3, -0.25) is 14.6 Å². The monoisotopic (exact) mass is 485 g/mol. The molecule has 176 valence electrons. The average Bonchev–Trinajstić information content (AvgIpc) is 3.13. The number of fused-ring (bicyclic) bond motifs is 1. The predicted octanol–water partition coefficient (Wildman–Crippen LogP) is 4.97. The summed E-state index contributed by atoms with van der Waals surface area (Å²) < 4.78 is 27.2. The van der Waals surface area contributed by atoms with Crippen molar-refractivity contribution in [2.24, 2.45) is 5.41 Å². The molecule has 3 aromatic rings. The lowest BCUT2D eigenvalue weighted by Crippen LogP contribution is -2.44. The minimum atomic E-state index is -1.06. The number of benzene rings is 2. The zero-order valence-electron chi connectivity index (χ0n) is 18.2. The normalized spacial score (nSPS) is 22.5. The predicted molar refractivity (Wildman–Crippen MR) is 124 cm³/mol. The van der Waals surface area contributed by atoms with Crippen molar-refractivity contribution in [3.63, 3.8) is 0 Å². The lowest BCUT2D eigenvalue weighted by Gasteiger charge is -2.36. The van der Waals surface area contributed by atoms with Gasteiger partial charge in [0.15, 0.2) is 17.4 Å². The summed E-state index contributed by atoms with van der Waals surface area (Å²) in [4.78, 5) is 31.7. The maximum Gasteiger partial charge on any atom is 0.255 e. The molecule has 0 bridgehead atoms. The van der Waals surface area contributed by atoms with E-state index in [1.54, 1.807) is 30.5 Å². The molecular formula is C25H22ClF2N3O3. The molecule has 1 saturated heterocycles. The second kappa shape index (κ2) is 8.51. The van der Waals surface area contributed by atoms with E-state index >= 15 is 0 Å². The highest BCUT2D eigenvalue weighted by atomic mass is 35.5. The third-order valence-electron chi connectivity index (χ3n) is 7.06. The molecule has 2 N–H and O–H groups in total. The Hall–Kier alpha value is -3.26. The second-order valence-electron chi connectivity index (χ2n) is 8.99. The van der Waals surface area contributed by atoms with Crippen molar-refractivity contribution < 1.29 is 23.5 Å². The molecule has 2 fully saturated rings. The summed E-state index contributed by atoms with van der Waals surface area (Å²) in [6, 6.07) is 8.57. The minimum Gasteiger partial charge on any atom is -0.505 e. The number of carbonyl (C=O) groups is 2. The fourth-order valence-electron chi connectivity index (χ4n) is 5.12. The molecule has 2 aromatic carbocycles. The topological polar surface area (TPSA) is 82.5 Å². The van der Waals surface area contributed by atoms with E-state index in [-0.39, 0.29) is 39.9 Å². The summed E-state index contributed by atoms with van der Waals surface area (Å²) in [5.74, 6) is -2.80. The molecule has 2 heterocycles. The smallest absolute Gasteiger partial charge is 0.255 e. The second-order valence-corrected chi connectivity index (χ2v) is 9.40. The van der Waals surface area contributed by atoms with E-state index in [0.29, 0.717) is 44.2 Å². The van der Waals surface area contributed by atoms with Crippen LogP contribution in [0.4, 0.5) is 14.5 Å². The number of phenolic OH excluding ortho intramolecular Hbond substituents is 1. The van der Waals surface area contributed by atoms with Crippen molar-refractivity contribution in [3.8, 4) is 5.75 Å². The first-order valence-corrected chi connectivity index (χ1v) is 11.5. The van der Waals surface area contributed by atoms with E-state index in [2.05, 4.69) is 10.3 Å². The van der Waals surface area contributed by atoms with Crippen LogP contribution in [0.2, 0.25) is 5.02 Å². The molecule has 5 rings (SSSR count). The van der Waals surface area contributed by atoms with Gasteiger partial charge in [0.1, 0.15) is 5.52 Å². The number of aromatic hydroxyl groups is 1. The molecule has 0 atom stereocenters. The van der Waals surface area contributed by atoms with Crippen molar-refractivity contribution in [3.05, 3.63) is 64.8 Å². The number of pyridine rings is 1. The van der Waals surface area contributed by atoms with Gasteiger partial charge in [-0.05, 0) is 50.3 Å². The molecule has 0 radical (unpaired) electrons. The van der Waals surface area contributed by atoms with Gasteiger partial charge < -0.3 is 15.3 Å². The van der Waals surface area contributed by atoms with E-state index < -0.39 is 17.0 Å². The fourth-order valence-corrected chi connectivity index (χ4v) is 5.38. The van der Waals surface area contributed by atoms with Crippen molar-refractivity contribution in [1.82, 2.24) is 10.3 Å². The van der Waals surface area contributed by atoms with Crippen LogP contribution in [0.1, 0.15) is 42.5 Å². The third-order valence-corrected chi connectivity index (χ3v) is 7.37. The standard InChI is InChI=1S/C25H22ClF2N3O3/c26-17-12-18(27)19(28)13-20(17)31-11-9-25(24(31)34)7-5-15(6-8-25)30-23(33)16-4-3-14-2-1-10-29-21(14)22(16)32/h1-4,10,12-13,15,32H,5-9,11H2,(H,30,33)/t15-,25-. The highest BCUT2D eigenvalue weighted by Gasteiger charge is 2.49. The molecular weight excluding hydrogens is 464 g/mol. The first-order chi connectivity index (χ1) is 16.3. The molecule has 1 aliphatic carbocycles. The zero-order chi connectivity index (χ0) is 24.0. The number of aromatic nitrogens is 1. The van der Waals surface area contributed by atoms with Crippen molar-refractivity contribution >= 4 is 40.0 Å². The summed E-state index contributed by atoms with van der Waals surface area (Å²) in [6.45, 7) is 0.374. The first kappa shape index (κ1) is 22.5. The minimum absolute atomic E-state index is 0.00469. The lowest BCUT2D eigenvalue weighted by molar-refractivity contribution is -0.127. The van der Waals surface area contributed by atoms with Gasteiger partial charge in [-0.25, -0.2) is 8.78 Å². The largest absolute Gasteiger partial charge is 0.505 e. The van der Waals surface area contributed by atoms with Crippen molar-refractivity contribution in [1.29, 1.82) is 0 Å². The van der Waals surface area contributed by atoms with Gasteiger partial charge in [0.05, 0.1) is 21.7 Å². The molecule has 1 spiro atoms. The van der Waals surface area contributed by atoms with Gasteiger partial charge in [-0.2, -0.15) is 0 Å². The highest BCUT2D eigenvalue weighted by molar-refractivity contribution is 6.34. The van der Waals surface area contributed by atoms with E-state index in [1.165, 1.54) is 4.90 Å². The third kappa shape index (κ3) is 3.76. The number of amides is 2. The maximum atomic E-state index is 13.8. The Morgan fingerprint density at radius 1 is 1.15 bits per heavy atom. The number of anilines is 1. The molecule has 34 heavy (non-hydrogen) atoms. The summed E-state index contributed by atoms with van der Waals surface area (Å²) >= 11 is 6.09. The molecule has 6 nitrogen and oxygen atoms in total. The Bertz CT molecular complexity index is 1310. The van der Waals surface area contributed by atoms with Crippen molar-refractivity contribution in [2.45, 2.75) is 38.1 Å². The number of hydrogen-bond acceptors (Lipinski definition) is 4. The summed E-state index contributed by atoms with van der Waals surface area (Å²) in [5, 5.41) is 14.2. The van der Waals surface area contributed by atoms with Gasteiger partial charge in [-0.15, -0.1) is 0 Å². The molecule has 1 aromatic heterocycles. The van der Waals surface area contributed by atoms with Gasteiger partial charge in [0.2, 0.25) is 5.91 Å². The van der Waals surface area contributed by atoms with Crippen LogP contribution in [-0.2, 0) is 4.79 Å². The molecule has 0 unspecified atom stereocenters. The van der Waals surface area contributed by atoms with Gasteiger partial charge in [-0.1, -0.05) is 23.7 Å². The van der Waals surface area contributed by atoms with Gasteiger partial charge >= 0.3 is 0 Å². The van der Waals surface area contributed by atoms with Crippen LogP contribution >= 0.6 is 11.6 Å². The van der Waals surface area contributed by atoms with E-state index in [9.17, 15) is 23.5 Å². The van der Waals surface area contributed by atoms with Gasteiger partial charge in [0, 0.05) is 30.2 Å². The number of halogens is 3. The Labute approximate surface area is 199 Å². The number of nitrogens with one attached hydrogen (secondary N) is 1. The van der Waals surface area contributed by atoms with Crippen LogP contribution < -0.4 is 10.2 Å². The van der Waals surface area contributed by atoms with E-state index in [0.717, 1.165) is 17.5 Å².